The average molecular weight is 449 g/mol. The highest BCUT2D eigenvalue weighted by Gasteiger charge is 2.39. The van der Waals surface area contributed by atoms with Gasteiger partial charge in [-0.2, -0.15) is 0 Å². The summed E-state index contributed by atoms with van der Waals surface area (Å²) in [7, 11) is 0. The van der Waals surface area contributed by atoms with Crippen molar-refractivity contribution in [3.05, 3.63) is 57.6 Å². The number of benzene rings is 2. The van der Waals surface area contributed by atoms with Crippen molar-refractivity contribution in [2.45, 2.75) is 19.9 Å². The molecule has 1 unspecified atom stereocenters. The minimum Gasteiger partial charge on any atom is -0.351 e. The number of hydrogen-bond donors (Lipinski definition) is 3. The van der Waals surface area contributed by atoms with Gasteiger partial charge in [-0.3, -0.25) is 19.3 Å². The van der Waals surface area contributed by atoms with Gasteiger partial charge in [0, 0.05) is 23.7 Å². The van der Waals surface area contributed by atoms with Crippen LogP contribution in [0.1, 0.15) is 34.6 Å². The number of halogens is 2. The fraction of sp³-hybridized carbons (Fsp3) is 0.286. The third-order valence-electron chi connectivity index (χ3n) is 4.76. The van der Waals surface area contributed by atoms with E-state index in [4.69, 9.17) is 28.9 Å². The standard InChI is InChI=1S/C21H22Cl2N4O3/c1-11(2)18-20(29)26-16-9-12(19(28)25-8-7-24)3-6-17(16)27(18)21(30)14-5-4-13(22)10-15(14)23/h3-6,9-11,18H,7-8,24H2,1-2H3,(H,25,28)(H,26,29). The third kappa shape index (κ3) is 4.28. The second kappa shape index (κ2) is 9.04. The number of fused-ring (bicyclic) bond motifs is 1. The van der Waals surface area contributed by atoms with Crippen LogP contribution in [-0.4, -0.2) is 36.9 Å². The molecule has 2 aromatic rings. The molecule has 9 heteroatoms. The normalized spacial score (nSPS) is 15.6. The molecule has 2 aromatic carbocycles. The molecule has 7 nitrogen and oxygen atoms in total. The smallest absolute Gasteiger partial charge is 0.260 e. The topological polar surface area (TPSA) is 105 Å². The SMILES string of the molecule is CC(C)C1C(=O)Nc2cc(C(=O)NCCN)ccc2N1C(=O)c1ccc(Cl)cc1Cl. The predicted octanol–water partition coefficient (Wildman–Crippen LogP) is 3.31. The van der Waals surface area contributed by atoms with Crippen LogP contribution in [0.2, 0.25) is 10.0 Å². The summed E-state index contributed by atoms with van der Waals surface area (Å²) in [6.45, 7) is 4.35. The van der Waals surface area contributed by atoms with E-state index in [2.05, 4.69) is 10.6 Å². The van der Waals surface area contributed by atoms with Crippen molar-refractivity contribution < 1.29 is 14.4 Å². The van der Waals surface area contributed by atoms with E-state index in [9.17, 15) is 14.4 Å². The van der Waals surface area contributed by atoms with E-state index < -0.39 is 11.9 Å². The Morgan fingerprint density at radius 2 is 1.93 bits per heavy atom. The second-order valence-electron chi connectivity index (χ2n) is 7.25. The summed E-state index contributed by atoms with van der Waals surface area (Å²) >= 11 is 12.2. The number of nitrogens with zero attached hydrogens (tertiary/aromatic N) is 1. The molecule has 30 heavy (non-hydrogen) atoms. The Kier molecular flexibility index (Phi) is 6.65. The van der Waals surface area contributed by atoms with Crippen LogP contribution in [0.15, 0.2) is 36.4 Å². The maximum atomic E-state index is 13.4. The Labute approximate surface area is 184 Å². The van der Waals surface area contributed by atoms with Gasteiger partial charge in [-0.25, -0.2) is 0 Å². The molecular formula is C21H22Cl2N4O3. The lowest BCUT2D eigenvalue weighted by atomic mass is 9.95. The zero-order valence-corrected chi connectivity index (χ0v) is 18.1. The first-order chi connectivity index (χ1) is 14.2. The number of anilines is 2. The molecule has 1 atom stereocenters. The molecule has 0 saturated heterocycles. The van der Waals surface area contributed by atoms with Crippen LogP contribution in [-0.2, 0) is 4.79 Å². The molecule has 1 heterocycles. The number of rotatable bonds is 5. The largest absolute Gasteiger partial charge is 0.351 e. The minimum atomic E-state index is -0.742. The van der Waals surface area contributed by atoms with Gasteiger partial charge in [0.15, 0.2) is 0 Å². The Hall–Kier alpha value is -2.61. The number of nitrogens with one attached hydrogen (secondary N) is 2. The maximum Gasteiger partial charge on any atom is 0.260 e. The van der Waals surface area contributed by atoms with Crippen LogP contribution < -0.4 is 21.3 Å². The highest BCUT2D eigenvalue weighted by Crippen LogP contribution is 2.37. The van der Waals surface area contributed by atoms with Crippen LogP contribution in [0, 0.1) is 5.92 Å². The number of hydrogen-bond acceptors (Lipinski definition) is 4. The van der Waals surface area contributed by atoms with Crippen molar-refractivity contribution in [2.75, 3.05) is 23.3 Å². The number of carbonyl (C=O) groups is 3. The minimum absolute atomic E-state index is 0.166. The molecule has 0 radical (unpaired) electrons. The van der Waals surface area contributed by atoms with Gasteiger partial charge in [-0.15, -0.1) is 0 Å². The Morgan fingerprint density at radius 1 is 1.20 bits per heavy atom. The van der Waals surface area contributed by atoms with Gasteiger partial charge in [0.05, 0.1) is 22.0 Å². The molecule has 158 valence electrons. The van der Waals surface area contributed by atoms with Crippen molar-refractivity contribution in [1.82, 2.24) is 5.32 Å². The summed E-state index contributed by atoms with van der Waals surface area (Å²) in [5.74, 6) is -1.25. The Balaban J connectivity index is 2.07. The van der Waals surface area contributed by atoms with Gasteiger partial charge >= 0.3 is 0 Å². The molecule has 4 N–H and O–H groups in total. The van der Waals surface area contributed by atoms with Gasteiger partial charge in [0.2, 0.25) is 5.91 Å². The van der Waals surface area contributed by atoms with E-state index in [1.165, 1.54) is 17.0 Å². The predicted molar refractivity (Wildman–Crippen MR) is 118 cm³/mol. The van der Waals surface area contributed by atoms with Gasteiger partial charge in [0.25, 0.3) is 11.8 Å². The first kappa shape index (κ1) is 22.1. The molecule has 1 aliphatic heterocycles. The van der Waals surface area contributed by atoms with Crippen LogP contribution in [0.4, 0.5) is 11.4 Å². The highest BCUT2D eigenvalue weighted by atomic mass is 35.5. The molecule has 0 saturated carbocycles. The van der Waals surface area contributed by atoms with E-state index in [-0.39, 0.29) is 28.3 Å². The van der Waals surface area contributed by atoms with Crippen LogP contribution >= 0.6 is 23.2 Å². The summed E-state index contributed by atoms with van der Waals surface area (Å²) in [6, 6.07) is 8.63. The van der Waals surface area contributed by atoms with Gasteiger partial charge in [-0.05, 0) is 42.3 Å². The lowest BCUT2D eigenvalue weighted by Gasteiger charge is -2.38. The van der Waals surface area contributed by atoms with Crippen molar-refractivity contribution in [2.24, 2.45) is 11.7 Å². The summed E-state index contributed by atoms with van der Waals surface area (Å²) < 4.78 is 0. The summed E-state index contributed by atoms with van der Waals surface area (Å²) in [5, 5.41) is 6.09. The molecule has 0 aromatic heterocycles. The monoisotopic (exact) mass is 448 g/mol. The summed E-state index contributed by atoms with van der Waals surface area (Å²) in [6.07, 6.45) is 0. The van der Waals surface area contributed by atoms with E-state index in [1.807, 2.05) is 13.8 Å². The molecular weight excluding hydrogens is 427 g/mol. The van der Waals surface area contributed by atoms with Gasteiger partial charge < -0.3 is 16.4 Å². The fourth-order valence-corrected chi connectivity index (χ4v) is 3.87. The number of amides is 3. The van der Waals surface area contributed by atoms with Crippen LogP contribution in [0.3, 0.4) is 0 Å². The maximum absolute atomic E-state index is 13.4. The molecule has 0 spiro atoms. The Bertz CT molecular complexity index is 1010. The van der Waals surface area contributed by atoms with Crippen LogP contribution in [0.5, 0.6) is 0 Å². The first-order valence-electron chi connectivity index (χ1n) is 9.46. The third-order valence-corrected chi connectivity index (χ3v) is 5.31. The number of carbonyl (C=O) groups excluding carboxylic acids is 3. The molecule has 3 amide bonds. The quantitative estimate of drug-likeness (QED) is 0.652. The van der Waals surface area contributed by atoms with Crippen molar-refractivity contribution >= 4 is 52.3 Å². The number of nitrogens with two attached hydrogens (primary N) is 1. The van der Waals surface area contributed by atoms with E-state index in [0.717, 1.165) is 0 Å². The zero-order valence-electron chi connectivity index (χ0n) is 16.5. The average Bonchev–Trinajstić information content (AvgIpc) is 2.69. The van der Waals surface area contributed by atoms with Gasteiger partial charge in [0.1, 0.15) is 6.04 Å². The highest BCUT2D eigenvalue weighted by molar-refractivity contribution is 6.37. The second-order valence-corrected chi connectivity index (χ2v) is 8.10. The fourth-order valence-electron chi connectivity index (χ4n) is 3.38. The van der Waals surface area contributed by atoms with E-state index in [1.54, 1.807) is 24.3 Å². The van der Waals surface area contributed by atoms with Crippen LogP contribution in [0.25, 0.3) is 0 Å². The molecule has 1 aliphatic rings. The summed E-state index contributed by atoms with van der Waals surface area (Å²) in [4.78, 5) is 40.0. The van der Waals surface area contributed by atoms with Crippen molar-refractivity contribution in [1.29, 1.82) is 0 Å². The molecule has 0 fully saturated rings. The lowest BCUT2D eigenvalue weighted by Crippen LogP contribution is -2.53. The van der Waals surface area contributed by atoms with E-state index in [0.29, 0.717) is 35.1 Å². The lowest BCUT2D eigenvalue weighted by molar-refractivity contribution is -0.118. The molecule has 0 bridgehead atoms. The van der Waals surface area contributed by atoms with E-state index >= 15 is 0 Å². The molecule has 0 aliphatic carbocycles. The molecule has 3 rings (SSSR count). The summed E-state index contributed by atoms with van der Waals surface area (Å²) in [5.41, 5.74) is 6.86. The van der Waals surface area contributed by atoms with Crippen molar-refractivity contribution in [3.63, 3.8) is 0 Å². The first-order valence-corrected chi connectivity index (χ1v) is 10.2. The van der Waals surface area contributed by atoms with Gasteiger partial charge in [-0.1, -0.05) is 37.0 Å². The van der Waals surface area contributed by atoms with Crippen molar-refractivity contribution in [3.8, 4) is 0 Å². The Morgan fingerprint density at radius 3 is 2.57 bits per heavy atom. The zero-order chi connectivity index (χ0) is 22.0.